The minimum absolute atomic E-state index is 0.0768. The molecule has 1 heterocycles. The van der Waals surface area contributed by atoms with Gasteiger partial charge in [-0.2, -0.15) is 0 Å². The van der Waals surface area contributed by atoms with Gasteiger partial charge in [0.15, 0.2) is 9.84 Å². The number of hydrogen-bond acceptors (Lipinski definition) is 4. The Balaban J connectivity index is 1.46. The Kier molecular flexibility index (Phi) is 3.55. The molecule has 2 aliphatic carbocycles. The van der Waals surface area contributed by atoms with E-state index in [9.17, 15) is 13.2 Å². The Morgan fingerprint density at radius 1 is 1.38 bits per heavy atom. The maximum atomic E-state index is 12.8. The van der Waals surface area contributed by atoms with E-state index >= 15 is 0 Å². The van der Waals surface area contributed by atoms with Crippen molar-refractivity contribution in [1.29, 1.82) is 0 Å². The summed E-state index contributed by atoms with van der Waals surface area (Å²) in [7, 11) is -3.22. The van der Waals surface area contributed by atoms with Gasteiger partial charge in [0, 0.05) is 12.5 Å². The summed E-state index contributed by atoms with van der Waals surface area (Å²) in [6, 6.07) is 6.84. The van der Waals surface area contributed by atoms with Crippen LogP contribution >= 0.6 is 0 Å². The molecule has 24 heavy (non-hydrogen) atoms. The number of fused-ring (bicyclic) bond motifs is 2. The highest BCUT2D eigenvalue weighted by molar-refractivity contribution is 7.91. The minimum atomic E-state index is -3.22. The van der Waals surface area contributed by atoms with Gasteiger partial charge in [-0.3, -0.25) is 4.79 Å². The molecule has 1 aromatic carbocycles. The summed E-state index contributed by atoms with van der Waals surface area (Å²) in [4.78, 5) is 13.1. The average molecular weight is 349 g/mol. The highest BCUT2D eigenvalue weighted by atomic mass is 32.2. The second-order valence-electron chi connectivity index (χ2n) is 7.26. The van der Waals surface area contributed by atoms with Gasteiger partial charge in [-0.05, 0) is 43.4 Å². The molecule has 1 saturated heterocycles. The van der Waals surface area contributed by atoms with Crippen LogP contribution in [0, 0.1) is 11.3 Å². The smallest absolute Gasteiger partial charge is 0.229 e. The molecule has 0 aromatic heterocycles. The number of sulfone groups is 1. The fraction of sp³-hybridized carbons (Fsp3) is 0.611. The molecule has 1 aliphatic heterocycles. The van der Waals surface area contributed by atoms with Crippen LogP contribution in [0.3, 0.4) is 0 Å². The van der Waals surface area contributed by atoms with Crippen molar-refractivity contribution in [1.82, 2.24) is 5.32 Å². The molecule has 0 bridgehead atoms. The lowest BCUT2D eigenvalue weighted by Gasteiger charge is -2.44. The largest absolute Gasteiger partial charge is 0.374 e. The van der Waals surface area contributed by atoms with Crippen LogP contribution in [0.25, 0.3) is 0 Å². The lowest BCUT2D eigenvalue weighted by Crippen LogP contribution is -2.52. The van der Waals surface area contributed by atoms with Crippen LogP contribution in [-0.4, -0.2) is 32.3 Å². The van der Waals surface area contributed by atoms with E-state index in [-0.39, 0.29) is 22.7 Å². The first-order valence-corrected chi connectivity index (χ1v) is 10.3. The van der Waals surface area contributed by atoms with E-state index in [0.717, 1.165) is 31.2 Å². The summed E-state index contributed by atoms with van der Waals surface area (Å²) in [5, 5.41) is 3.03. The summed E-state index contributed by atoms with van der Waals surface area (Å²) in [5.41, 5.74) is 0.279. The third kappa shape index (κ3) is 2.15. The Hall–Kier alpha value is -1.40. The van der Waals surface area contributed by atoms with E-state index in [1.807, 2.05) is 6.07 Å². The fourth-order valence-corrected chi connectivity index (χ4v) is 5.36. The third-order valence-corrected chi connectivity index (χ3v) is 7.87. The molecule has 1 aromatic rings. The molecule has 0 unspecified atom stereocenters. The molecule has 3 aliphatic rings. The predicted molar refractivity (Wildman–Crippen MR) is 89.1 cm³/mol. The van der Waals surface area contributed by atoms with Gasteiger partial charge in [0.2, 0.25) is 5.91 Å². The van der Waals surface area contributed by atoms with Gasteiger partial charge >= 0.3 is 0 Å². The van der Waals surface area contributed by atoms with Gasteiger partial charge in [-0.25, -0.2) is 8.42 Å². The lowest BCUT2D eigenvalue weighted by atomic mass is 9.68. The normalized spacial score (nSPS) is 29.8. The third-order valence-electron chi connectivity index (χ3n) is 6.14. The highest BCUT2D eigenvalue weighted by Gasteiger charge is 2.77. The molecule has 1 spiro atoms. The van der Waals surface area contributed by atoms with Crippen molar-refractivity contribution in [3.05, 3.63) is 29.8 Å². The van der Waals surface area contributed by atoms with Crippen molar-refractivity contribution in [3.63, 3.8) is 0 Å². The topological polar surface area (TPSA) is 72.5 Å². The van der Waals surface area contributed by atoms with E-state index in [2.05, 4.69) is 5.32 Å². The maximum absolute atomic E-state index is 12.8. The van der Waals surface area contributed by atoms with E-state index in [1.165, 1.54) is 0 Å². The van der Waals surface area contributed by atoms with E-state index in [1.54, 1.807) is 25.1 Å². The second kappa shape index (κ2) is 5.30. The number of benzene rings is 1. The molecule has 3 fully saturated rings. The summed E-state index contributed by atoms with van der Waals surface area (Å²) in [5.74, 6) is 0.519. The van der Waals surface area contributed by atoms with Gasteiger partial charge in [-0.1, -0.05) is 19.1 Å². The first-order chi connectivity index (χ1) is 11.4. The Bertz CT molecular complexity index is 784. The zero-order chi connectivity index (χ0) is 17.0. The van der Waals surface area contributed by atoms with Crippen LogP contribution in [0.15, 0.2) is 29.2 Å². The molecular formula is C18H23NO4S. The standard InChI is InChI=1S/C18H23NO4S/c1-2-24(21,22)15-6-3-5-13(9-15)11-19-16(20)18-10-14(18)12-23-17(18)7-4-8-17/h3,5-6,9,14H,2,4,7-8,10-12H2,1H3,(H,19,20)/t14-,18-/m0/s1. The Labute approximate surface area is 142 Å². The number of carbonyl (C=O) groups excluding carboxylic acids is 1. The molecule has 2 atom stereocenters. The molecule has 130 valence electrons. The van der Waals surface area contributed by atoms with Crippen LogP contribution in [0.1, 0.15) is 38.2 Å². The number of ether oxygens (including phenoxy) is 1. The number of amides is 1. The first-order valence-electron chi connectivity index (χ1n) is 8.67. The molecule has 1 N–H and O–H groups in total. The van der Waals surface area contributed by atoms with Crippen molar-refractivity contribution in [2.45, 2.75) is 49.6 Å². The number of carbonyl (C=O) groups is 1. The fourth-order valence-electron chi connectivity index (χ4n) is 4.41. The van der Waals surface area contributed by atoms with Crippen molar-refractivity contribution in [2.24, 2.45) is 11.3 Å². The molecule has 1 amide bonds. The van der Waals surface area contributed by atoms with Crippen LogP contribution in [-0.2, 0) is 25.9 Å². The summed E-state index contributed by atoms with van der Waals surface area (Å²) < 4.78 is 29.9. The average Bonchev–Trinajstić information content (AvgIpc) is 3.19. The summed E-state index contributed by atoms with van der Waals surface area (Å²) >= 11 is 0. The van der Waals surface area contributed by atoms with Gasteiger partial charge < -0.3 is 10.1 Å². The quantitative estimate of drug-likeness (QED) is 0.883. The van der Waals surface area contributed by atoms with Crippen LogP contribution in [0.4, 0.5) is 0 Å². The molecule has 0 radical (unpaired) electrons. The zero-order valence-electron chi connectivity index (χ0n) is 13.9. The van der Waals surface area contributed by atoms with E-state index < -0.39 is 9.84 Å². The van der Waals surface area contributed by atoms with Gasteiger partial charge in [0.05, 0.1) is 28.3 Å². The van der Waals surface area contributed by atoms with Crippen LogP contribution < -0.4 is 5.32 Å². The number of rotatable bonds is 5. The number of hydrogen-bond donors (Lipinski definition) is 1. The van der Waals surface area contributed by atoms with E-state index in [0.29, 0.717) is 24.0 Å². The monoisotopic (exact) mass is 349 g/mol. The van der Waals surface area contributed by atoms with Crippen LogP contribution in [0.2, 0.25) is 0 Å². The van der Waals surface area contributed by atoms with Gasteiger partial charge in [0.1, 0.15) is 0 Å². The lowest BCUT2D eigenvalue weighted by molar-refractivity contribution is -0.148. The van der Waals surface area contributed by atoms with Gasteiger partial charge in [0.25, 0.3) is 0 Å². The van der Waals surface area contributed by atoms with Gasteiger partial charge in [-0.15, -0.1) is 0 Å². The first kappa shape index (κ1) is 16.1. The van der Waals surface area contributed by atoms with E-state index in [4.69, 9.17) is 4.74 Å². The van der Waals surface area contributed by atoms with Crippen molar-refractivity contribution in [2.75, 3.05) is 12.4 Å². The summed E-state index contributed by atoms with van der Waals surface area (Å²) in [6.07, 6.45) is 4.05. The highest BCUT2D eigenvalue weighted by Crippen LogP contribution is 2.71. The molecule has 2 saturated carbocycles. The molecule has 4 rings (SSSR count). The molecular weight excluding hydrogens is 326 g/mol. The van der Waals surface area contributed by atoms with Crippen molar-refractivity contribution in [3.8, 4) is 0 Å². The van der Waals surface area contributed by atoms with Crippen molar-refractivity contribution < 1.29 is 17.9 Å². The van der Waals surface area contributed by atoms with Crippen LogP contribution in [0.5, 0.6) is 0 Å². The zero-order valence-corrected chi connectivity index (χ0v) is 14.7. The number of nitrogens with one attached hydrogen (secondary N) is 1. The Morgan fingerprint density at radius 2 is 2.17 bits per heavy atom. The minimum Gasteiger partial charge on any atom is -0.374 e. The molecule has 5 nitrogen and oxygen atoms in total. The maximum Gasteiger partial charge on any atom is 0.229 e. The SMILES string of the molecule is CCS(=O)(=O)c1cccc(CNC(=O)[C@]23C[C@H]2COC32CCC2)c1. The summed E-state index contributed by atoms with van der Waals surface area (Å²) in [6.45, 7) is 2.70. The second-order valence-corrected chi connectivity index (χ2v) is 9.54. The van der Waals surface area contributed by atoms with Crippen molar-refractivity contribution >= 4 is 15.7 Å². The molecule has 6 heteroatoms. The predicted octanol–water partition coefficient (Wildman–Crippen LogP) is 2.06. The Morgan fingerprint density at radius 3 is 2.79 bits per heavy atom.